The van der Waals surface area contributed by atoms with Crippen molar-refractivity contribution in [3.8, 4) is 0 Å². The second-order valence-electron chi connectivity index (χ2n) is 2.79. The molecule has 0 atom stereocenters. The third kappa shape index (κ3) is 2.13. The number of hydrogen-bond acceptors (Lipinski definition) is 6. The van der Waals surface area contributed by atoms with Crippen LogP contribution in [0.3, 0.4) is 0 Å². The van der Waals surface area contributed by atoms with E-state index in [1.54, 1.807) is 13.1 Å². The second kappa shape index (κ2) is 3.97. The molecule has 0 bridgehead atoms. The molecule has 0 amide bonds. The minimum Gasteiger partial charge on any atom is -0.364 e. The Balaban J connectivity index is 1.78. The van der Waals surface area contributed by atoms with Crippen LogP contribution in [0.15, 0.2) is 16.9 Å². The van der Waals surface area contributed by atoms with Crippen LogP contribution < -0.4 is 5.32 Å². The van der Waals surface area contributed by atoms with Crippen molar-refractivity contribution in [1.82, 2.24) is 30.7 Å². The summed E-state index contributed by atoms with van der Waals surface area (Å²) in [6.45, 7) is 1.20. The van der Waals surface area contributed by atoms with Crippen LogP contribution in [0.4, 0.5) is 0 Å². The lowest BCUT2D eigenvalue weighted by Crippen LogP contribution is -2.14. The number of aryl methyl sites for hydroxylation is 1. The molecule has 0 radical (unpaired) electrons. The number of rotatable bonds is 4. The number of aromatic nitrogens is 5. The SMILES string of the molecule is Cn1nnc(CNCc2ccon2)n1. The third-order valence-corrected chi connectivity index (χ3v) is 1.63. The largest absolute Gasteiger partial charge is 0.364 e. The first kappa shape index (κ1) is 8.82. The molecule has 0 saturated heterocycles. The van der Waals surface area contributed by atoms with E-state index in [2.05, 4.69) is 30.4 Å². The fourth-order valence-corrected chi connectivity index (χ4v) is 1.03. The van der Waals surface area contributed by atoms with Crippen LogP contribution in [-0.4, -0.2) is 25.4 Å². The third-order valence-electron chi connectivity index (χ3n) is 1.63. The summed E-state index contributed by atoms with van der Waals surface area (Å²) in [6, 6.07) is 1.80. The van der Waals surface area contributed by atoms with Crippen molar-refractivity contribution in [3.63, 3.8) is 0 Å². The Morgan fingerprint density at radius 2 is 2.43 bits per heavy atom. The first-order valence-electron chi connectivity index (χ1n) is 4.17. The summed E-state index contributed by atoms with van der Waals surface area (Å²) in [5.41, 5.74) is 0.855. The van der Waals surface area contributed by atoms with Gasteiger partial charge in [0.1, 0.15) is 6.26 Å². The van der Waals surface area contributed by atoms with Gasteiger partial charge < -0.3 is 9.84 Å². The number of tetrazole rings is 1. The molecule has 2 rings (SSSR count). The Morgan fingerprint density at radius 1 is 1.50 bits per heavy atom. The van der Waals surface area contributed by atoms with Crippen LogP contribution in [0.5, 0.6) is 0 Å². The molecule has 0 aromatic carbocycles. The summed E-state index contributed by atoms with van der Waals surface area (Å²) in [5, 5.41) is 18.4. The van der Waals surface area contributed by atoms with Crippen LogP contribution in [0.1, 0.15) is 11.5 Å². The highest BCUT2D eigenvalue weighted by atomic mass is 16.5. The maximum Gasteiger partial charge on any atom is 0.188 e. The van der Waals surface area contributed by atoms with E-state index >= 15 is 0 Å². The van der Waals surface area contributed by atoms with Crippen molar-refractivity contribution in [3.05, 3.63) is 23.8 Å². The molecule has 7 heteroatoms. The Morgan fingerprint density at radius 3 is 3.07 bits per heavy atom. The second-order valence-corrected chi connectivity index (χ2v) is 2.79. The smallest absolute Gasteiger partial charge is 0.188 e. The highest BCUT2D eigenvalue weighted by molar-refractivity contribution is 4.94. The van der Waals surface area contributed by atoms with Crippen LogP contribution >= 0.6 is 0 Å². The lowest BCUT2D eigenvalue weighted by molar-refractivity contribution is 0.408. The van der Waals surface area contributed by atoms with E-state index in [-0.39, 0.29) is 0 Å². The normalized spacial score (nSPS) is 10.6. The predicted molar refractivity (Wildman–Crippen MR) is 45.8 cm³/mol. The summed E-state index contributed by atoms with van der Waals surface area (Å²) in [6.07, 6.45) is 1.54. The number of hydrogen-bond donors (Lipinski definition) is 1. The van der Waals surface area contributed by atoms with Gasteiger partial charge in [0.2, 0.25) is 0 Å². The van der Waals surface area contributed by atoms with Crippen molar-refractivity contribution in [2.24, 2.45) is 7.05 Å². The van der Waals surface area contributed by atoms with Crippen molar-refractivity contribution in [2.45, 2.75) is 13.1 Å². The minimum absolute atomic E-state index is 0.570. The van der Waals surface area contributed by atoms with Gasteiger partial charge in [-0.1, -0.05) is 5.16 Å². The summed E-state index contributed by atoms with van der Waals surface area (Å²) in [4.78, 5) is 1.42. The van der Waals surface area contributed by atoms with E-state index in [9.17, 15) is 0 Å². The molecule has 0 aliphatic heterocycles. The first-order valence-corrected chi connectivity index (χ1v) is 4.17. The number of nitrogens with zero attached hydrogens (tertiary/aromatic N) is 5. The highest BCUT2D eigenvalue weighted by Gasteiger charge is 2.00. The minimum atomic E-state index is 0.570. The molecule has 74 valence electrons. The Hall–Kier alpha value is -1.76. The zero-order chi connectivity index (χ0) is 9.80. The summed E-state index contributed by atoms with van der Waals surface area (Å²) in [7, 11) is 1.73. The van der Waals surface area contributed by atoms with Gasteiger partial charge >= 0.3 is 0 Å². The molecule has 0 spiro atoms. The van der Waals surface area contributed by atoms with Crippen LogP contribution in [0.2, 0.25) is 0 Å². The van der Waals surface area contributed by atoms with Gasteiger partial charge in [-0.15, -0.1) is 10.2 Å². The quantitative estimate of drug-likeness (QED) is 0.705. The molecule has 0 saturated carbocycles. The van der Waals surface area contributed by atoms with Gasteiger partial charge in [0, 0.05) is 12.6 Å². The van der Waals surface area contributed by atoms with Crippen molar-refractivity contribution in [2.75, 3.05) is 0 Å². The molecule has 0 aliphatic carbocycles. The highest BCUT2D eigenvalue weighted by Crippen LogP contribution is 1.93. The lowest BCUT2D eigenvalue weighted by Gasteiger charge is -1.95. The Kier molecular flexibility index (Phi) is 2.50. The van der Waals surface area contributed by atoms with Gasteiger partial charge in [0.15, 0.2) is 5.82 Å². The Labute approximate surface area is 80.1 Å². The van der Waals surface area contributed by atoms with Crippen LogP contribution in [0, 0.1) is 0 Å². The maximum atomic E-state index is 4.68. The van der Waals surface area contributed by atoms with E-state index in [1.165, 1.54) is 11.1 Å². The summed E-state index contributed by atoms with van der Waals surface area (Å²) >= 11 is 0. The van der Waals surface area contributed by atoms with Gasteiger partial charge in [0.05, 0.1) is 19.3 Å². The molecule has 7 nitrogen and oxygen atoms in total. The molecule has 2 aromatic rings. The average molecular weight is 194 g/mol. The fourth-order valence-electron chi connectivity index (χ4n) is 1.03. The van der Waals surface area contributed by atoms with Gasteiger partial charge in [0.25, 0.3) is 0 Å². The van der Waals surface area contributed by atoms with Gasteiger partial charge in [-0.3, -0.25) is 0 Å². The summed E-state index contributed by atoms with van der Waals surface area (Å²) < 4.78 is 4.68. The summed E-state index contributed by atoms with van der Waals surface area (Å²) in [5.74, 6) is 0.663. The average Bonchev–Trinajstić information content (AvgIpc) is 2.77. The van der Waals surface area contributed by atoms with Gasteiger partial charge in [-0.2, -0.15) is 4.80 Å². The molecular weight excluding hydrogens is 184 g/mol. The molecule has 1 N–H and O–H groups in total. The predicted octanol–water partition coefficient (Wildman–Crippen LogP) is -0.512. The van der Waals surface area contributed by atoms with E-state index in [0.717, 1.165) is 5.69 Å². The van der Waals surface area contributed by atoms with Gasteiger partial charge in [-0.25, -0.2) is 0 Å². The van der Waals surface area contributed by atoms with E-state index < -0.39 is 0 Å². The molecule has 2 heterocycles. The molecular formula is C7H10N6O. The molecule has 14 heavy (non-hydrogen) atoms. The van der Waals surface area contributed by atoms with E-state index in [0.29, 0.717) is 18.9 Å². The monoisotopic (exact) mass is 194 g/mol. The molecule has 2 aromatic heterocycles. The van der Waals surface area contributed by atoms with Crippen LogP contribution in [0.25, 0.3) is 0 Å². The van der Waals surface area contributed by atoms with Crippen molar-refractivity contribution >= 4 is 0 Å². The van der Waals surface area contributed by atoms with Crippen LogP contribution in [-0.2, 0) is 20.1 Å². The first-order chi connectivity index (χ1) is 6.84. The topological polar surface area (TPSA) is 81.7 Å². The van der Waals surface area contributed by atoms with Crippen molar-refractivity contribution < 1.29 is 4.52 Å². The molecule has 0 unspecified atom stereocenters. The Bertz CT molecular complexity index is 381. The molecule has 0 aliphatic rings. The number of nitrogens with one attached hydrogen (secondary N) is 1. The lowest BCUT2D eigenvalue weighted by atomic mass is 10.4. The zero-order valence-corrected chi connectivity index (χ0v) is 7.71. The fraction of sp³-hybridized carbons (Fsp3) is 0.429. The standard InChI is InChI=1S/C7H10N6O/c1-13-10-7(9-12-13)5-8-4-6-2-3-14-11-6/h2-3,8H,4-5H2,1H3. The zero-order valence-electron chi connectivity index (χ0n) is 7.71. The maximum absolute atomic E-state index is 4.68. The molecule has 0 fully saturated rings. The van der Waals surface area contributed by atoms with E-state index in [4.69, 9.17) is 0 Å². The van der Waals surface area contributed by atoms with Gasteiger partial charge in [-0.05, 0) is 5.21 Å². The van der Waals surface area contributed by atoms with Crippen molar-refractivity contribution in [1.29, 1.82) is 0 Å². The van der Waals surface area contributed by atoms with E-state index in [1.807, 2.05) is 0 Å².